The fraction of sp³-hybridized carbons (Fsp3) is 0.0263. The summed E-state index contributed by atoms with van der Waals surface area (Å²) in [7, 11) is 0. The minimum atomic E-state index is 0.617. The Bertz CT molecular complexity index is 2410. The van der Waals surface area contributed by atoms with Crippen molar-refractivity contribution in [1.82, 2.24) is 20.3 Å². The van der Waals surface area contributed by atoms with Gasteiger partial charge in [-0.1, -0.05) is 97.1 Å². The third-order valence-corrected chi connectivity index (χ3v) is 8.39. The molecule has 0 saturated heterocycles. The lowest BCUT2D eigenvalue weighted by molar-refractivity contribution is 0.669. The first-order valence-electron chi connectivity index (χ1n) is 14.4. The molecule has 2 aromatic heterocycles. The molecule has 1 aliphatic rings. The van der Waals surface area contributed by atoms with Gasteiger partial charge in [0.1, 0.15) is 11.2 Å². The van der Waals surface area contributed by atoms with E-state index in [-0.39, 0.29) is 0 Å². The number of para-hydroxylation sites is 1. The summed E-state index contributed by atoms with van der Waals surface area (Å²) in [6.45, 7) is 0.835. The molecule has 6 aromatic carbocycles. The van der Waals surface area contributed by atoms with Crippen molar-refractivity contribution >= 4 is 49.6 Å². The van der Waals surface area contributed by atoms with Crippen LogP contribution in [0.2, 0.25) is 0 Å². The highest BCUT2D eigenvalue weighted by molar-refractivity contribution is 6.12. The fourth-order valence-electron chi connectivity index (χ4n) is 6.33. The smallest absolute Gasteiger partial charge is 0.164 e. The Balaban J connectivity index is 1.26. The molecule has 8 aromatic rings. The number of rotatable bonds is 3. The summed E-state index contributed by atoms with van der Waals surface area (Å²) in [5.74, 6) is 1.89. The Morgan fingerprint density at radius 1 is 0.558 bits per heavy atom. The number of hydrogen-bond donors (Lipinski definition) is 1. The first kappa shape index (κ1) is 23.9. The second-order valence-electron chi connectivity index (χ2n) is 10.9. The second kappa shape index (κ2) is 9.36. The minimum Gasteiger partial charge on any atom is -0.456 e. The van der Waals surface area contributed by atoms with E-state index in [0.717, 1.165) is 50.6 Å². The molecule has 0 radical (unpaired) electrons. The van der Waals surface area contributed by atoms with Crippen molar-refractivity contribution in [2.75, 3.05) is 0 Å². The molecule has 202 valence electrons. The molecule has 5 heteroatoms. The van der Waals surface area contributed by atoms with E-state index in [1.165, 1.54) is 27.3 Å². The lowest BCUT2D eigenvalue weighted by Gasteiger charge is -2.16. The summed E-state index contributed by atoms with van der Waals surface area (Å²) in [4.78, 5) is 15.1. The maximum Gasteiger partial charge on any atom is 0.164 e. The Morgan fingerprint density at radius 2 is 1.33 bits per heavy atom. The minimum absolute atomic E-state index is 0.617. The van der Waals surface area contributed by atoms with Gasteiger partial charge in [-0.25, -0.2) is 15.0 Å². The van der Waals surface area contributed by atoms with Crippen LogP contribution < -0.4 is 5.32 Å². The van der Waals surface area contributed by atoms with Gasteiger partial charge in [-0.15, -0.1) is 0 Å². The molecular weight excluding hydrogens is 528 g/mol. The van der Waals surface area contributed by atoms with Crippen molar-refractivity contribution in [3.63, 3.8) is 0 Å². The third-order valence-electron chi connectivity index (χ3n) is 8.39. The average molecular weight is 553 g/mol. The largest absolute Gasteiger partial charge is 0.456 e. The van der Waals surface area contributed by atoms with Gasteiger partial charge in [0.05, 0.1) is 0 Å². The van der Waals surface area contributed by atoms with Gasteiger partial charge in [0, 0.05) is 34.0 Å². The number of benzene rings is 6. The Kier molecular flexibility index (Phi) is 5.19. The van der Waals surface area contributed by atoms with Gasteiger partial charge in [0.2, 0.25) is 0 Å². The van der Waals surface area contributed by atoms with E-state index in [9.17, 15) is 0 Å². The topological polar surface area (TPSA) is 63.8 Å². The van der Waals surface area contributed by atoms with Crippen LogP contribution in [0, 0.1) is 0 Å². The molecule has 0 spiro atoms. The van der Waals surface area contributed by atoms with Gasteiger partial charge in [0.15, 0.2) is 17.5 Å². The van der Waals surface area contributed by atoms with Gasteiger partial charge in [-0.3, -0.25) is 0 Å². The predicted octanol–water partition coefficient (Wildman–Crippen LogP) is 9.15. The molecule has 5 nitrogen and oxygen atoms in total. The number of aromatic nitrogens is 3. The lowest BCUT2D eigenvalue weighted by atomic mass is 9.93. The summed E-state index contributed by atoms with van der Waals surface area (Å²) in [6, 6.07) is 39.7. The molecule has 0 unspecified atom stereocenters. The van der Waals surface area contributed by atoms with E-state index < -0.39 is 0 Å². The molecule has 0 saturated carbocycles. The van der Waals surface area contributed by atoms with E-state index in [0.29, 0.717) is 17.5 Å². The highest BCUT2D eigenvalue weighted by Gasteiger charge is 2.18. The molecule has 0 fully saturated rings. The zero-order valence-electron chi connectivity index (χ0n) is 23.1. The number of furan rings is 1. The predicted molar refractivity (Wildman–Crippen MR) is 174 cm³/mol. The Labute approximate surface area is 247 Å². The van der Waals surface area contributed by atoms with Gasteiger partial charge in [-0.05, 0) is 63.1 Å². The zero-order chi connectivity index (χ0) is 28.3. The molecule has 9 rings (SSSR count). The van der Waals surface area contributed by atoms with E-state index in [1.807, 2.05) is 66.9 Å². The SMILES string of the molecule is C1=Cc2ccc3c(ccc4cc(-c5nc(-c6ccccc6)nc(-c6cccc7oc8ccccc8c67)n5)ccc43)c2CN1. The van der Waals surface area contributed by atoms with Crippen LogP contribution in [-0.2, 0) is 6.54 Å². The highest BCUT2D eigenvalue weighted by Crippen LogP contribution is 2.37. The van der Waals surface area contributed by atoms with Crippen LogP contribution in [-0.4, -0.2) is 15.0 Å². The quantitative estimate of drug-likeness (QED) is 0.221. The Hall–Kier alpha value is -5.81. The third kappa shape index (κ3) is 3.82. The second-order valence-corrected chi connectivity index (χ2v) is 10.9. The summed E-state index contributed by atoms with van der Waals surface area (Å²) in [5, 5.41) is 10.3. The van der Waals surface area contributed by atoms with Crippen LogP contribution in [0.4, 0.5) is 0 Å². The number of fused-ring (bicyclic) bond motifs is 8. The molecule has 1 aliphatic heterocycles. The highest BCUT2D eigenvalue weighted by atomic mass is 16.3. The van der Waals surface area contributed by atoms with Gasteiger partial charge in [-0.2, -0.15) is 0 Å². The summed E-state index contributed by atoms with van der Waals surface area (Å²) >= 11 is 0. The molecule has 0 atom stereocenters. The van der Waals surface area contributed by atoms with Crippen molar-refractivity contribution in [2.24, 2.45) is 0 Å². The van der Waals surface area contributed by atoms with Crippen LogP contribution in [0.1, 0.15) is 11.1 Å². The normalized spacial score (nSPS) is 12.7. The standard InChI is InChI=1S/C38H24N4O/c1-2-7-24(8-3-1)36-40-37(42-38(41-36)31-10-6-12-34-35(31)30-9-4-5-11-33(30)43-34)26-15-16-27-25(21-26)14-18-29-28(27)17-13-23-19-20-39-22-32(23)29/h1-21,39H,22H2. The molecule has 3 heterocycles. The van der Waals surface area contributed by atoms with Crippen LogP contribution in [0.15, 0.2) is 126 Å². The van der Waals surface area contributed by atoms with Gasteiger partial charge in [0.25, 0.3) is 0 Å². The van der Waals surface area contributed by atoms with Crippen molar-refractivity contribution in [1.29, 1.82) is 0 Å². The first-order chi connectivity index (χ1) is 21.3. The lowest BCUT2D eigenvalue weighted by Crippen LogP contribution is -2.10. The van der Waals surface area contributed by atoms with E-state index in [2.05, 4.69) is 66.0 Å². The Morgan fingerprint density at radius 3 is 2.26 bits per heavy atom. The van der Waals surface area contributed by atoms with Crippen molar-refractivity contribution in [3.8, 4) is 34.2 Å². The molecule has 1 N–H and O–H groups in total. The molecule has 43 heavy (non-hydrogen) atoms. The number of hydrogen-bond acceptors (Lipinski definition) is 5. The molecule has 0 amide bonds. The van der Waals surface area contributed by atoms with Crippen LogP contribution >= 0.6 is 0 Å². The van der Waals surface area contributed by atoms with Gasteiger partial charge < -0.3 is 9.73 Å². The van der Waals surface area contributed by atoms with Crippen molar-refractivity contribution in [2.45, 2.75) is 6.54 Å². The van der Waals surface area contributed by atoms with E-state index in [4.69, 9.17) is 19.4 Å². The van der Waals surface area contributed by atoms with E-state index >= 15 is 0 Å². The monoisotopic (exact) mass is 552 g/mol. The van der Waals surface area contributed by atoms with Crippen LogP contribution in [0.5, 0.6) is 0 Å². The van der Waals surface area contributed by atoms with Crippen LogP contribution in [0.25, 0.3) is 83.7 Å². The molecule has 0 bridgehead atoms. The maximum absolute atomic E-state index is 6.18. The zero-order valence-corrected chi connectivity index (χ0v) is 23.1. The maximum atomic E-state index is 6.18. The van der Waals surface area contributed by atoms with Crippen LogP contribution in [0.3, 0.4) is 0 Å². The summed E-state index contributed by atoms with van der Waals surface area (Å²) in [6.07, 6.45) is 4.16. The van der Waals surface area contributed by atoms with Gasteiger partial charge >= 0.3 is 0 Å². The van der Waals surface area contributed by atoms with E-state index in [1.54, 1.807) is 0 Å². The number of nitrogens with one attached hydrogen (secondary N) is 1. The summed E-state index contributed by atoms with van der Waals surface area (Å²) in [5.41, 5.74) is 7.07. The average Bonchev–Trinajstić information content (AvgIpc) is 3.47. The molecule has 0 aliphatic carbocycles. The molecular formula is C38H24N4O. The summed E-state index contributed by atoms with van der Waals surface area (Å²) < 4.78 is 6.18. The van der Waals surface area contributed by atoms with Crippen molar-refractivity contribution in [3.05, 3.63) is 133 Å². The van der Waals surface area contributed by atoms with Crippen molar-refractivity contribution < 1.29 is 4.42 Å². The first-order valence-corrected chi connectivity index (χ1v) is 14.4. The number of nitrogens with zero attached hydrogens (tertiary/aromatic N) is 3. The fourth-order valence-corrected chi connectivity index (χ4v) is 6.33.